The van der Waals surface area contributed by atoms with Crippen molar-refractivity contribution in [2.24, 2.45) is 0 Å². The zero-order chi connectivity index (χ0) is 10.1. The second-order valence-corrected chi connectivity index (χ2v) is 3.29. The normalized spacial score (nSPS) is 11.5. The van der Waals surface area contributed by atoms with Crippen LogP contribution in [0.2, 0.25) is 0 Å². The summed E-state index contributed by atoms with van der Waals surface area (Å²) in [5.74, 6) is -0.202. The van der Waals surface area contributed by atoms with Crippen LogP contribution < -0.4 is 4.74 Å². The maximum atomic E-state index is 11.8. The van der Waals surface area contributed by atoms with Gasteiger partial charge in [0.2, 0.25) is 0 Å². The number of aromatic nitrogens is 1. The van der Waals surface area contributed by atoms with Crippen LogP contribution in [-0.4, -0.2) is 11.3 Å². The molecule has 0 fully saturated rings. The van der Waals surface area contributed by atoms with Gasteiger partial charge in [-0.1, -0.05) is 0 Å². The largest absolute Gasteiger partial charge is 0.573 e. The summed E-state index contributed by atoms with van der Waals surface area (Å²) in [6.45, 7) is 1.52. The van der Waals surface area contributed by atoms with Crippen molar-refractivity contribution in [3.8, 4) is 5.75 Å². The van der Waals surface area contributed by atoms with Gasteiger partial charge in [0, 0.05) is 11.8 Å². The summed E-state index contributed by atoms with van der Waals surface area (Å²) in [5.41, 5.74) is 0.389. The van der Waals surface area contributed by atoms with Gasteiger partial charge in [0.05, 0.1) is 0 Å². The highest BCUT2D eigenvalue weighted by Gasteiger charge is 2.31. The molecule has 0 aromatic carbocycles. The molecule has 0 atom stereocenters. The van der Waals surface area contributed by atoms with Crippen LogP contribution in [0.3, 0.4) is 0 Å². The number of ether oxygens (including phenoxy) is 1. The van der Waals surface area contributed by atoms with E-state index in [-0.39, 0.29) is 5.75 Å². The van der Waals surface area contributed by atoms with E-state index >= 15 is 0 Å². The number of hydrogen-bond acceptors (Lipinski definition) is 2. The number of hydrogen-bond donors (Lipinski definition) is 0. The molecule has 1 rings (SSSR count). The molecular weight excluding hydrogens is 298 g/mol. The fourth-order valence-corrected chi connectivity index (χ4v) is 1.16. The van der Waals surface area contributed by atoms with Crippen molar-refractivity contribution in [1.82, 2.24) is 4.98 Å². The molecule has 6 heteroatoms. The van der Waals surface area contributed by atoms with E-state index in [0.29, 0.717) is 9.26 Å². The van der Waals surface area contributed by atoms with Crippen molar-refractivity contribution in [2.75, 3.05) is 0 Å². The molecule has 0 aliphatic heterocycles. The first-order valence-electron chi connectivity index (χ1n) is 3.27. The first kappa shape index (κ1) is 10.6. The Balaban J connectivity index is 2.96. The lowest BCUT2D eigenvalue weighted by Gasteiger charge is -2.11. The second kappa shape index (κ2) is 3.69. The van der Waals surface area contributed by atoms with E-state index in [4.69, 9.17) is 0 Å². The van der Waals surface area contributed by atoms with Gasteiger partial charge in [-0.2, -0.15) is 0 Å². The van der Waals surface area contributed by atoms with Crippen LogP contribution in [0.1, 0.15) is 5.56 Å². The van der Waals surface area contributed by atoms with Crippen molar-refractivity contribution in [3.05, 3.63) is 21.5 Å². The molecule has 0 bridgehead atoms. The Morgan fingerprint density at radius 1 is 1.46 bits per heavy atom. The maximum Gasteiger partial charge on any atom is 0.573 e. The molecule has 0 N–H and O–H groups in total. The fraction of sp³-hybridized carbons (Fsp3) is 0.286. The Hall–Kier alpha value is -0.530. The highest BCUT2D eigenvalue weighted by atomic mass is 127. The van der Waals surface area contributed by atoms with Gasteiger partial charge in [-0.3, -0.25) is 0 Å². The average Bonchev–Trinajstić information content (AvgIpc) is 1.96. The maximum absolute atomic E-state index is 11.8. The summed E-state index contributed by atoms with van der Waals surface area (Å²) in [6, 6.07) is 1.19. The lowest BCUT2D eigenvalue weighted by molar-refractivity contribution is -0.274. The zero-order valence-electron chi connectivity index (χ0n) is 6.52. The van der Waals surface area contributed by atoms with Gasteiger partial charge in [0.15, 0.2) is 0 Å². The molecule has 72 valence electrons. The molecule has 0 saturated carbocycles. The predicted octanol–water partition coefficient (Wildman–Crippen LogP) is 2.89. The molecule has 0 amide bonds. The summed E-state index contributed by atoms with van der Waals surface area (Å²) >= 11 is 1.84. The van der Waals surface area contributed by atoms with Crippen molar-refractivity contribution in [1.29, 1.82) is 0 Å². The summed E-state index contributed by atoms with van der Waals surface area (Å²) in [6.07, 6.45) is -3.37. The average molecular weight is 303 g/mol. The fourth-order valence-electron chi connectivity index (χ4n) is 0.729. The highest BCUT2D eigenvalue weighted by Crippen LogP contribution is 2.27. The van der Waals surface area contributed by atoms with Crippen molar-refractivity contribution in [2.45, 2.75) is 13.3 Å². The van der Waals surface area contributed by atoms with Crippen LogP contribution in [-0.2, 0) is 0 Å². The Morgan fingerprint density at radius 3 is 2.62 bits per heavy atom. The van der Waals surface area contributed by atoms with Gasteiger partial charge < -0.3 is 4.74 Å². The molecule has 0 radical (unpaired) electrons. The summed E-state index contributed by atoms with van der Waals surface area (Å²) in [7, 11) is 0. The molecule has 0 saturated heterocycles. The molecule has 2 nitrogen and oxygen atoms in total. The van der Waals surface area contributed by atoms with Crippen molar-refractivity contribution < 1.29 is 17.9 Å². The van der Waals surface area contributed by atoms with Gasteiger partial charge in [-0.05, 0) is 35.6 Å². The van der Waals surface area contributed by atoms with Gasteiger partial charge >= 0.3 is 6.36 Å². The van der Waals surface area contributed by atoms with E-state index in [1.54, 1.807) is 0 Å². The second-order valence-electron chi connectivity index (χ2n) is 2.27. The number of nitrogens with zero attached hydrogens (tertiary/aromatic N) is 1. The van der Waals surface area contributed by atoms with Crippen LogP contribution in [0.15, 0.2) is 12.3 Å². The molecular formula is C7H5F3INO. The molecule has 1 aromatic rings. The zero-order valence-corrected chi connectivity index (χ0v) is 8.68. The van der Waals surface area contributed by atoms with E-state index in [9.17, 15) is 13.2 Å². The number of halogens is 4. The molecule has 0 aliphatic rings. The Kier molecular flexibility index (Phi) is 2.99. The van der Waals surface area contributed by atoms with Crippen LogP contribution in [0, 0.1) is 10.6 Å². The topological polar surface area (TPSA) is 22.1 Å². The van der Waals surface area contributed by atoms with Crippen LogP contribution in [0.25, 0.3) is 0 Å². The molecule has 13 heavy (non-hydrogen) atoms. The van der Waals surface area contributed by atoms with E-state index in [0.717, 1.165) is 0 Å². The van der Waals surface area contributed by atoms with Gasteiger partial charge in [-0.25, -0.2) is 4.98 Å². The quantitative estimate of drug-likeness (QED) is 0.588. The Bertz CT molecular complexity index is 313. The molecule has 1 aromatic heterocycles. The highest BCUT2D eigenvalue weighted by molar-refractivity contribution is 14.1. The first-order valence-corrected chi connectivity index (χ1v) is 4.35. The molecule has 1 heterocycles. The third-order valence-electron chi connectivity index (χ3n) is 1.32. The Morgan fingerprint density at radius 2 is 2.08 bits per heavy atom. The van der Waals surface area contributed by atoms with Gasteiger partial charge in [0.25, 0.3) is 0 Å². The lowest BCUT2D eigenvalue weighted by atomic mass is 10.3. The van der Waals surface area contributed by atoms with Gasteiger partial charge in [0.1, 0.15) is 9.45 Å². The Labute approximate surface area is 86.3 Å². The number of pyridine rings is 1. The van der Waals surface area contributed by atoms with E-state index in [1.807, 2.05) is 22.6 Å². The van der Waals surface area contributed by atoms with Crippen LogP contribution >= 0.6 is 22.6 Å². The molecule has 0 spiro atoms. The van der Waals surface area contributed by atoms with E-state index in [2.05, 4.69) is 9.72 Å². The van der Waals surface area contributed by atoms with Crippen molar-refractivity contribution in [3.63, 3.8) is 0 Å². The van der Waals surface area contributed by atoms with E-state index in [1.165, 1.54) is 19.2 Å². The standard InChI is InChI=1S/C7H5F3INO/c1-4-5(13-7(8,9)10)2-3-12-6(4)11/h2-3H,1H3. The summed E-state index contributed by atoms with van der Waals surface area (Å²) in [4.78, 5) is 3.81. The number of alkyl halides is 3. The molecule has 0 aliphatic carbocycles. The number of rotatable bonds is 1. The smallest absolute Gasteiger partial charge is 0.405 e. The van der Waals surface area contributed by atoms with Gasteiger partial charge in [-0.15, -0.1) is 13.2 Å². The minimum absolute atomic E-state index is 0.202. The van der Waals surface area contributed by atoms with E-state index < -0.39 is 6.36 Å². The monoisotopic (exact) mass is 303 g/mol. The first-order chi connectivity index (χ1) is 5.90. The third-order valence-corrected chi connectivity index (χ3v) is 2.41. The predicted molar refractivity (Wildman–Crippen MR) is 48.4 cm³/mol. The minimum atomic E-state index is -4.64. The molecule has 0 unspecified atom stereocenters. The van der Waals surface area contributed by atoms with Crippen LogP contribution in [0.5, 0.6) is 5.75 Å². The summed E-state index contributed by atoms with van der Waals surface area (Å²) < 4.78 is 39.7. The third kappa shape index (κ3) is 3.02. The van der Waals surface area contributed by atoms with Crippen LogP contribution in [0.4, 0.5) is 13.2 Å². The lowest BCUT2D eigenvalue weighted by Crippen LogP contribution is -2.18. The minimum Gasteiger partial charge on any atom is -0.405 e. The summed E-state index contributed by atoms with van der Waals surface area (Å²) in [5, 5.41) is 0. The van der Waals surface area contributed by atoms with Crippen molar-refractivity contribution >= 4 is 22.6 Å². The SMILES string of the molecule is Cc1c(OC(F)(F)F)ccnc1I.